The number of aliphatic hydroxyl groups is 1. The van der Waals surface area contributed by atoms with Crippen LogP contribution in [0.15, 0.2) is 46.9 Å². The highest BCUT2D eigenvalue weighted by atomic mass is 79.9. The summed E-state index contributed by atoms with van der Waals surface area (Å²) < 4.78 is 54.4. The summed E-state index contributed by atoms with van der Waals surface area (Å²) in [6.45, 7) is 2.28. The van der Waals surface area contributed by atoms with Crippen molar-refractivity contribution in [3.05, 3.63) is 69.6 Å². The van der Waals surface area contributed by atoms with Crippen molar-refractivity contribution in [2.45, 2.75) is 32.2 Å². The summed E-state index contributed by atoms with van der Waals surface area (Å²) in [4.78, 5) is 9.14. The number of alkyl halides is 3. The quantitative estimate of drug-likeness (QED) is 0.308. The van der Waals surface area contributed by atoms with Gasteiger partial charge in [-0.05, 0) is 36.2 Å². The minimum absolute atomic E-state index is 0.116. The lowest BCUT2D eigenvalue weighted by Crippen LogP contribution is -2.20. The molecule has 2 aromatic carbocycles. The first kappa shape index (κ1) is 24.1. The Morgan fingerprint density at radius 3 is 2.47 bits per heavy atom. The van der Waals surface area contributed by atoms with Gasteiger partial charge in [-0.25, -0.2) is 19.0 Å². The molecule has 2 N–H and O–H groups in total. The zero-order valence-corrected chi connectivity index (χ0v) is 19.7. The monoisotopic (exact) mass is 537 g/mol. The fourth-order valence-electron chi connectivity index (χ4n) is 3.59. The van der Waals surface area contributed by atoms with Crippen molar-refractivity contribution in [1.82, 2.24) is 19.7 Å². The number of aryl methyl sites for hydroxylation is 2. The lowest BCUT2D eigenvalue weighted by molar-refractivity contribution is -0.207. The highest BCUT2D eigenvalue weighted by Gasteiger charge is 2.40. The predicted octanol–water partition coefficient (Wildman–Crippen LogP) is 5.70. The predicted molar refractivity (Wildman–Crippen MR) is 124 cm³/mol. The van der Waals surface area contributed by atoms with E-state index in [1.54, 1.807) is 29.9 Å². The Hall–Kier alpha value is -3.05. The summed E-state index contributed by atoms with van der Waals surface area (Å²) in [5, 5.41) is 18.2. The third-order valence-corrected chi connectivity index (χ3v) is 6.04. The van der Waals surface area contributed by atoms with E-state index in [1.165, 1.54) is 24.3 Å². The molecule has 178 valence electrons. The van der Waals surface area contributed by atoms with Crippen molar-refractivity contribution in [1.29, 1.82) is 0 Å². The second-order valence-electron chi connectivity index (χ2n) is 7.68. The average Bonchev–Trinajstić information content (AvgIpc) is 3.13. The smallest absolute Gasteiger partial charge is 0.379 e. The molecule has 0 spiro atoms. The minimum atomic E-state index is -4.83. The number of nitrogens with zero attached hydrogens (tertiary/aromatic N) is 4. The highest BCUT2D eigenvalue weighted by molar-refractivity contribution is 9.10. The molecular formula is C23H20BrF4N5O. The zero-order valence-electron chi connectivity index (χ0n) is 18.2. The van der Waals surface area contributed by atoms with E-state index in [4.69, 9.17) is 0 Å². The van der Waals surface area contributed by atoms with E-state index in [0.717, 1.165) is 11.3 Å². The van der Waals surface area contributed by atoms with E-state index in [-0.39, 0.29) is 21.7 Å². The van der Waals surface area contributed by atoms with Crippen LogP contribution in [0.4, 0.5) is 23.4 Å². The normalized spacial score (nSPS) is 12.8. The number of nitrogens with one attached hydrogen (secondary N) is 1. The Morgan fingerprint density at radius 1 is 1.12 bits per heavy atom. The van der Waals surface area contributed by atoms with Crippen LogP contribution in [0.1, 0.15) is 29.8 Å². The Kier molecular flexibility index (Phi) is 6.59. The molecule has 0 aliphatic carbocycles. The van der Waals surface area contributed by atoms with Crippen molar-refractivity contribution < 1.29 is 22.7 Å². The molecule has 34 heavy (non-hydrogen) atoms. The van der Waals surface area contributed by atoms with Gasteiger partial charge in [0.05, 0.1) is 11.1 Å². The van der Waals surface area contributed by atoms with Gasteiger partial charge in [0.25, 0.3) is 0 Å². The van der Waals surface area contributed by atoms with Crippen LogP contribution in [0.25, 0.3) is 22.4 Å². The van der Waals surface area contributed by atoms with E-state index in [0.29, 0.717) is 35.4 Å². The third kappa shape index (κ3) is 4.76. The Bertz CT molecular complexity index is 1340. The SMILES string of the molecule is CCc1nn(C)c2nc(-c3ccc(Br)c(C(O)C(F)(F)F)c3)nc(NCc3ccc(F)cc3)c12. The zero-order chi connectivity index (χ0) is 24.6. The van der Waals surface area contributed by atoms with Gasteiger partial charge in [0.2, 0.25) is 0 Å². The van der Waals surface area contributed by atoms with Gasteiger partial charge in [0, 0.05) is 29.2 Å². The number of hydrogen-bond donors (Lipinski definition) is 2. The molecule has 6 nitrogen and oxygen atoms in total. The molecule has 4 aromatic rings. The summed E-state index contributed by atoms with van der Waals surface area (Å²) in [5.74, 6) is 0.279. The number of anilines is 1. The number of benzene rings is 2. The van der Waals surface area contributed by atoms with Crippen LogP contribution in [0, 0.1) is 5.82 Å². The molecule has 0 saturated heterocycles. The van der Waals surface area contributed by atoms with Crippen LogP contribution < -0.4 is 5.32 Å². The second kappa shape index (κ2) is 9.30. The van der Waals surface area contributed by atoms with E-state index in [9.17, 15) is 22.7 Å². The van der Waals surface area contributed by atoms with Crippen LogP contribution in [-0.4, -0.2) is 31.0 Å². The molecule has 4 rings (SSSR count). The van der Waals surface area contributed by atoms with E-state index >= 15 is 0 Å². The Balaban J connectivity index is 1.81. The molecule has 0 saturated carbocycles. The van der Waals surface area contributed by atoms with Crippen molar-refractivity contribution in [2.24, 2.45) is 7.05 Å². The van der Waals surface area contributed by atoms with Gasteiger partial charge in [-0.1, -0.05) is 41.1 Å². The first-order valence-corrected chi connectivity index (χ1v) is 11.1. The van der Waals surface area contributed by atoms with Crippen LogP contribution in [-0.2, 0) is 20.0 Å². The van der Waals surface area contributed by atoms with Gasteiger partial charge >= 0.3 is 6.18 Å². The fourth-order valence-corrected chi connectivity index (χ4v) is 4.05. The van der Waals surface area contributed by atoms with Gasteiger partial charge in [-0.15, -0.1) is 0 Å². The largest absolute Gasteiger partial charge is 0.418 e. The van der Waals surface area contributed by atoms with Crippen LogP contribution in [0.5, 0.6) is 0 Å². The molecule has 2 aromatic heterocycles. The van der Waals surface area contributed by atoms with E-state index in [2.05, 4.69) is 36.3 Å². The molecule has 0 fully saturated rings. The molecule has 11 heteroatoms. The molecule has 1 unspecified atom stereocenters. The Morgan fingerprint density at radius 2 is 1.82 bits per heavy atom. The molecular weight excluding hydrogens is 518 g/mol. The Labute approximate surface area is 200 Å². The van der Waals surface area contributed by atoms with Crippen molar-refractivity contribution in [3.63, 3.8) is 0 Å². The van der Waals surface area contributed by atoms with E-state index in [1.807, 2.05) is 6.92 Å². The lowest BCUT2D eigenvalue weighted by atomic mass is 10.0. The second-order valence-corrected chi connectivity index (χ2v) is 8.53. The standard InChI is InChI=1S/C23H20BrF4N5O/c1-3-17-18-21(29-11-12-4-7-14(25)8-5-12)30-20(31-22(18)33(2)32-17)13-6-9-16(24)15(10-13)19(34)23(26,27)28/h4-10,19,34H,3,11H2,1-2H3,(H,29,30,31). The number of fused-ring (bicyclic) bond motifs is 1. The summed E-state index contributed by atoms with van der Waals surface area (Å²) in [7, 11) is 1.72. The molecule has 1 atom stereocenters. The number of halogens is 5. The molecule has 0 radical (unpaired) electrons. The fraction of sp³-hybridized carbons (Fsp3) is 0.261. The average molecular weight is 538 g/mol. The maximum Gasteiger partial charge on any atom is 0.418 e. The van der Waals surface area contributed by atoms with E-state index < -0.39 is 12.3 Å². The maximum absolute atomic E-state index is 13.2. The van der Waals surface area contributed by atoms with Crippen molar-refractivity contribution in [3.8, 4) is 11.4 Å². The molecule has 0 aliphatic rings. The molecule has 0 bridgehead atoms. The summed E-state index contributed by atoms with van der Waals surface area (Å²) >= 11 is 3.08. The summed E-state index contributed by atoms with van der Waals surface area (Å²) in [6.07, 6.45) is -6.87. The van der Waals surface area contributed by atoms with Crippen LogP contribution in [0.2, 0.25) is 0 Å². The number of aliphatic hydroxyl groups excluding tert-OH is 1. The van der Waals surface area contributed by atoms with Crippen LogP contribution in [0.3, 0.4) is 0 Å². The lowest BCUT2D eigenvalue weighted by Gasteiger charge is -2.17. The minimum Gasteiger partial charge on any atom is -0.379 e. The topological polar surface area (TPSA) is 75.9 Å². The van der Waals surface area contributed by atoms with Gasteiger partial charge in [-0.2, -0.15) is 18.3 Å². The van der Waals surface area contributed by atoms with Crippen LogP contribution >= 0.6 is 15.9 Å². The maximum atomic E-state index is 13.2. The van der Waals surface area contributed by atoms with Gasteiger partial charge in [0.15, 0.2) is 17.6 Å². The highest BCUT2D eigenvalue weighted by Crippen LogP contribution is 2.38. The number of aromatic nitrogens is 4. The molecule has 0 aliphatic heterocycles. The third-order valence-electron chi connectivity index (χ3n) is 5.32. The number of rotatable bonds is 6. The summed E-state index contributed by atoms with van der Waals surface area (Å²) in [5.41, 5.74) is 2.04. The first-order chi connectivity index (χ1) is 16.1. The molecule has 2 heterocycles. The molecule has 0 amide bonds. The number of hydrogen-bond acceptors (Lipinski definition) is 5. The first-order valence-electron chi connectivity index (χ1n) is 10.3. The van der Waals surface area contributed by atoms with Gasteiger partial charge in [-0.3, -0.25) is 0 Å². The van der Waals surface area contributed by atoms with Gasteiger partial charge < -0.3 is 10.4 Å². The van der Waals surface area contributed by atoms with Crippen molar-refractivity contribution in [2.75, 3.05) is 5.32 Å². The van der Waals surface area contributed by atoms with Gasteiger partial charge in [0.1, 0.15) is 11.6 Å². The summed E-state index contributed by atoms with van der Waals surface area (Å²) in [6, 6.07) is 10.2. The van der Waals surface area contributed by atoms with Crippen molar-refractivity contribution >= 4 is 32.8 Å².